The predicted molar refractivity (Wildman–Crippen MR) is 304 cm³/mol. The molecule has 0 amide bonds. The van der Waals surface area contributed by atoms with Crippen molar-refractivity contribution < 1.29 is 8.83 Å². The van der Waals surface area contributed by atoms with Crippen molar-refractivity contribution >= 4 is 60.9 Å². The summed E-state index contributed by atoms with van der Waals surface area (Å²) in [5.41, 5.74) is 20.3. The lowest BCUT2D eigenvalue weighted by atomic mass is 9.48. The lowest BCUT2D eigenvalue weighted by Gasteiger charge is -2.57. The molecule has 4 saturated carbocycles. The number of hydrogen-bond donors (Lipinski definition) is 0. The van der Waals surface area contributed by atoms with Crippen LogP contribution in [0.25, 0.3) is 77.3 Å². The minimum absolute atomic E-state index is 0.369. The fourth-order valence-electron chi connectivity index (χ4n) is 15.5. The molecule has 5 aliphatic rings. The average molecular weight is 952 g/mol. The second-order valence-corrected chi connectivity index (χ2v) is 22.2. The highest BCUT2D eigenvalue weighted by Gasteiger charge is 2.51. The van der Waals surface area contributed by atoms with E-state index in [4.69, 9.17) is 8.83 Å². The number of anilines is 3. The van der Waals surface area contributed by atoms with Gasteiger partial charge in [0.1, 0.15) is 22.3 Å². The van der Waals surface area contributed by atoms with Crippen LogP contribution in [0.15, 0.2) is 239 Å². The van der Waals surface area contributed by atoms with Gasteiger partial charge in [0.2, 0.25) is 0 Å². The zero-order valence-corrected chi connectivity index (χ0v) is 41.2. The second kappa shape index (κ2) is 16.0. The molecule has 2 heterocycles. The van der Waals surface area contributed by atoms with Crippen molar-refractivity contribution in [2.24, 2.45) is 17.8 Å². The summed E-state index contributed by atoms with van der Waals surface area (Å²) in [6.45, 7) is 0. The SMILES string of the molecule is c1ccc(-c2cccc3oc4ccc(N(c5cccc(C6(c7ccccc7)c7ccccc7-c7ccccc76)c5)c5cccc6oc7ccc(-c8ccc(C9%10CC%11CC(CC(C%11)C9)C%10)cc8)cc7c56)cc4c23)cc1. The number of rotatable bonds is 8. The van der Waals surface area contributed by atoms with Crippen molar-refractivity contribution in [3.8, 4) is 33.4 Å². The average Bonchev–Trinajstić information content (AvgIpc) is 4.14. The molecule has 3 heteroatoms. The van der Waals surface area contributed by atoms with Crippen LogP contribution in [0.4, 0.5) is 17.1 Å². The van der Waals surface area contributed by atoms with E-state index in [9.17, 15) is 0 Å². The Morgan fingerprint density at radius 3 is 1.59 bits per heavy atom. The van der Waals surface area contributed by atoms with Gasteiger partial charge in [0.05, 0.1) is 16.5 Å². The monoisotopic (exact) mass is 951 g/mol. The van der Waals surface area contributed by atoms with Gasteiger partial charge >= 0.3 is 0 Å². The summed E-state index contributed by atoms with van der Waals surface area (Å²) in [6.07, 6.45) is 8.50. The highest BCUT2D eigenvalue weighted by atomic mass is 16.3. The summed E-state index contributed by atoms with van der Waals surface area (Å²) < 4.78 is 13.5. The van der Waals surface area contributed by atoms with Gasteiger partial charge < -0.3 is 13.7 Å². The molecule has 0 aliphatic heterocycles. The Labute approximate surface area is 431 Å². The Bertz CT molecular complexity index is 4100. The summed E-state index contributed by atoms with van der Waals surface area (Å²) in [7, 11) is 0. The van der Waals surface area contributed by atoms with Gasteiger partial charge in [-0.1, -0.05) is 170 Å². The molecule has 0 N–H and O–H groups in total. The van der Waals surface area contributed by atoms with Crippen molar-refractivity contribution in [1.29, 1.82) is 0 Å². The summed E-state index contributed by atoms with van der Waals surface area (Å²) in [5.74, 6) is 2.76. The van der Waals surface area contributed by atoms with Crippen molar-refractivity contribution in [3.63, 3.8) is 0 Å². The molecule has 0 unspecified atom stereocenters. The Balaban J connectivity index is 0.908. The molecule has 0 radical (unpaired) electrons. The summed E-state index contributed by atoms with van der Waals surface area (Å²) in [5, 5.41) is 4.36. The van der Waals surface area contributed by atoms with Crippen LogP contribution >= 0.6 is 0 Å². The van der Waals surface area contributed by atoms with Gasteiger partial charge in [-0.3, -0.25) is 0 Å². The third-order valence-corrected chi connectivity index (χ3v) is 18.1. The lowest BCUT2D eigenvalue weighted by molar-refractivity contribution is -0.00518. The molecule has 4 fully saturated rings. The number of nitrogens with zero attached hydrogens (tertiary/aromatic N) is 1. The maximum atomic E-state index is 6.86. The number of benzene rings is 10. The molecule has 5 aliphatic carbocycles. The molecular formula is C71H53NO2. The zero-order chi connectivity index (χ0) is 48.5. The van der Waals surface area contributed by atoms with Gasteiger partial charge in [-0.25, -0.2) is 0 Å². The van der Waals surface area contributed by atoms with Crippen LogP contribution in [0, 0.1) is 17.8 Å². The van der Waals surface area contributed by atoms with E-state index in [0.717, 1.165) is 89.8 Å². The van der Waals surface area contributed by atoms with Crippen LogP contribution in [-0.4, -0.2) is 0 Å². The van der Waals surface area contributed by atoms with E-state index >= 15 is 0 Å². The number of furan rings is 2. The molecule has 0 atom stereocenters. The molecule has 74 heavy (non-hydrogen) atoms. The highest BCUT2D eigenvalue weighted by molar-refractivity contribution is 6.16. The van der Waals surface area contributed by atoms with E-state index in [2.05, 4.69) is 235 Å². The molecule has 2 aromatic heterocycles. The van der Waals surface area contributed by atoms with Gasteiger partial charge in [0.25, 0.3) is 0 Å². The molecule has 10 aromatic carbocycles. The molecule has 3 nitrogen and oxygen atoms in total. The second-order valence-electron chi connectivity index (χ2n) is 22.2. The van der Waals surface area contributed by atoms with E-state index < -0.39 is 5.41 Å². The standard InChI is InChI=1S/C71H53NO2/c1-3-14-49(15-4-1)56-22-12-26-66-68(56)60-41-55(33-35-65(60)73-66)72(54-19-11-18-53(40-54)71(52-16-5-2-6-17-52)61-23-9-7-20-57(61)58-21-8-10-24-62(58)71)63-25-13-27-67-69(63)59-39-50(30-34-64(59)74-67)48-28-31-51(32-29-48)70-42-45-36-46(43-70)38-47(37-45)44-70/h1-35,39-41,45-47H,36-38,42-44H2. The molecule has 0 spiro atoms. The van der Waals surface area contributed by atoms with Gasteiger partial charge in [-0.05, 0) is 184 Å². The zero-order valence-electron chi connectivity index (χ0n) is 41.2. The molecular weight excluding hydrogens is 899 g/mol. The minimum atomic E-state index is -0.570. The Morgan fingerprint density at radius 2 is 0.892 bits per heavy atom. The summed E-state index contributed by atoms with van der Waals surface area (Å²) in [4.78, 5) is 2.46. The van der Waals surface area contributed by atoms with E-state index in [-0.39, 0.29) is 0 Å². The van der Waals surface area contributed by atoms with Crippen molar-refractivity contribution in [3.05, 3.63) is 258 Å². The van der Waals surface area contributed by atoms with Gasteiger partial charge in [0, 0.05) is 27.5 Å². The van der Waals surface area contributed by atoms with Crippen LogP contribution in [-0.2, 0) is 10.8 Å². The van der Waals surface area contributed by atoms with Crippen molar-refractivity contribution in [2.45, 2.75) is 49.4 Å². The van der Waals surface area contributed by atoms with Gasteiger partial charge in [0.15, 0.2) is 0 Å². The van der Waals surface area contributed by atoms with Crippen molar-refractivity contribution in [2.75, 3.05) is 4.90 Å². The van der Waals surface area contributed by atoms with Crippen molar-refractivity contribution in [1.82, 2.24) is 0 Å². The summed E-state index contributed by atoms with van der Waals surface area (Å²) >= 11 is 0. The lowest BCUT2D eigenvalue weighted by Crippen LogP contribution is -2.48. The van der Waals surface area contributed by atoms with E-state index in [0.29, 0.717) is 5.41 Å². The Kier molecular flexibility index (Phi) is 9.14. The van der Waals surface area contributed by atoms with E-state index in [1.54, 1.807) is 5.56 Å². The predicted octanol–water partition coefficient (Wildman–Crippen LogP) is 19.1. The molecule has 4 bridgehead atoms. The normalized spacial score (nSPS) is 20.1. The first-order valence-electron chi connectivity index (χ1n) is 26.8. The van der Waals surface area contributed by atoms with Crippen LogP contribution in [0.2, 0.25) is 0 Å². The fraction of sp³-hybridized carbons (Fsp3) is 0.155. The highest BCUT2D eigenvalue weighted by Crippen LogP contribution is 2.61. The van der Waals surface area contributed by atoms with Crippen LogP contribution in [0.1, 0.15) is 66.3 Å². The smallest absolute Gasteiger partial charge is 0.137 e. The third kappa shape index (κ3) is 6.19. The van der Waals surface area contributed by atoms with E-state index in [1.807, 2.05) is 0 Å². The maximum absolute atomic E-state index is 6.86. The van der Waals surface area contributed by atoms with Crippen LogP contribution < -0.4 is 4.90 Å². The van der Waals surface area contributed by atoms with Crippen LogP contribution in [0.5, 0.6) is 0 Å². The van der Waals surface area contributed by atoms with Crippen LogP contribution in [0.3, 0.4) is 0 Å². The molecule has 0 saturated heterocycles. The first kappa shape index (κ1) is 42.1. The number of fused-ring (bicyclic) bond motifs is 9. The minimum Gasteiger partial charge on any atom is -0.456 e. The number of hydrogen-bond acceptors (Lipinski definition) is 3. The largest absolute Gasteiger partial charge is 0.456 e. The Hall–Kier alpha value is -8.40. The first-order chi connectivity index (χ1) is 36.6. The quantitative estimate of drug-likeness (QED) is 0.152. The van der Waals surface area contributed by atoms with E-state index in [1.165, 1.54) is 83.0 Å². The topological polar surface area (TPSA) is 29.5 Å². The van der Waals surface area contributed by atoms with Gasteiger partial charge in [-0.15, -0.1) is 0 Å². The van der Waals surface area contributed by atoms with Gasteiger partial charge in [-0.2, -0.15) is 0 Å². The Morgan fingerprint density at radius 1 is 0.351 bits per heavy atom. The maximum Gasteiger partial charge on any atom is 0.137 e. The summed E-state index contributed by atoms with van der Waals surface area (Å²) in [6, 6.07) is 85.3. The first-order valence-corrected chi connectivity index (χ1v) is 26.8. The molecule has 17 rings (SSSR count). The third-order valence-electron chi connectivity index (χ3n) is 18.1. The molecule has 354 valence electrons. The molecule has 12 aromatic rings. The fourth-order valence-corrected chi connectivity index (χ4v) is 15.5.